The summed E-state index contributed by atoms with van der Waals surface area (Å²) < 4.78 is 4.90. The molecule has 1 aromatic rings. The van der Waals surface area contributed by atoms with Crippen molar-refractivity contribution < 1.29 is 19.1 Å². The predicted molar refractivity (Wildman–Crippen MR) is 98.8 cm³/mol. The van der Waals surface area contributed by atoms with E-state index in [1.807, 2.05) is 17.5 Å². The van der Waals surface area contributed by atoms with Crippen molar-refractivity contribution in [2.45, 2.75) is 19.4 Å². The SMILES string of the molecule is CCOC(=O)C[C@@H]1C(=O)NCCN1C(=S)NC(=O)/C=C/c1cccs1. The number of hydrogen-bond donors (Lipinski definition) is 2. The van der Waals surface area contributed by atoms with Gasteiger partial charge in [0.25, 0.3) is 0 Å². The molecule has 0 radical (unpaired) electrons. The minimum Gasteiger partial charge on any atom is -0.466 e. The third kappa shape index (κ3) is 5.64. The molecule has 0 unspecified atom stereocenters. The number of hydrogen-bond acceptors (Lipinski definition) is 6. The van der Waals surface area contributed by atoms with E-state index < -0.39 is 12.0 Å². The number of carbonyl (C=O) groups is 3. The standard InChI is InChI=1S/C16H19N3O4S2/c1-2-23-14(21)10-12-15(22)17-7-8-19(12)16(24)18-13(20)6-5-11-4-3-9-25-11/h3-6,9,12H,2,7-8,10H2,1H3,(H,17,22)(H,18,20,24)/b6-5+/t12-/m1/s1. The van der Waals surface area contributed by atoms with Crippen LogP contribution < -0.4 is 10.6 Å². The van der Waals surface area contributed by atoms with E-state index in [-0.39, 0.29) is 30.0 Å². The van der Waals surface area contributed by atoms with Crippen molar-refractivity contribution in [1.29, 1.82) is 0 Å². The number of thiocarbonyl (C=S) groups is 1. The molecule has 2 amide bonds. The lowest BCUT2D eigenvalue weighted by Crippen LogP contribution is -2.60. The van der Waals surface area contributed by atoms with Crippen LogP contribution in [-0.4, -0.2) is 53.5 Å². The van der Waals surface area contributed by atoms with Crippen LogP contribution in [0.4, 0.5) is 0 Å². The van der Waals surface area contributed by atoms with Crippen molar-refractivity contribution in [2.24, 2.45) is 0 Å². The molecule has 134 valence electrons. The number of nitrogens with one attached hydrogen (secondary N) is 2. The predicted octanol–water partition coefficient (Wildman–Crippen LogP) is 0.916. The second-order valence-corrected chi connectivity index (χ2v) is 6.52. The van der Waals surface area contributed by atoms with E-state index >= 15 is 0 Å². The smallest absolute Gasteiger partial charge is 0.308 e. The highest BCUT2D eigenvalue weighted by Gasteiger charge is 2.33. The molecule has 0 aromatic carbocycles. The van der Waals surface area contributed by atoms with Gasteiger partial charge in [-0.1, -0.05) is 6.07 Å². The molecule has 1 saturated heterocycles. The zero-order valence-electron chi connectivity index (χ0n) is 13.7. The Labute approximate surface area is 155 Å². The molecule has 2 N–H and O–H groups in total. The Morgan fingerprint density at radius 1 is 1.56 bits per heavy atom. The van der Waals surface area contributed by atoms with E-state index in [2.05, 4.69) is 10.6 Å². The second kappa shape index (κ2) is 9.28. The highest BCUT2D eigenvalue weighted by atomic mass is 32.1. The van der Waals surface area contributed by atoms with Crippen molar-refractivity contribution in [1.82, 2.24) is 15.5 Å². The van der Waals surface area contributed by atoms with E-state index in [0.29, 0.717) is 13.1 Å². The van der Waals surface area contributed by atoms with Crippen LogP contribution in [0.5, 0.6) is 0 Å². The van der Waals surface area contributed by atoms with Crippen LogP contribution in [0.3, 0.4) is 0 Å². The summed E-state index contributed by atoms with van der Waals surface area (Å²) in [6.45, 7) is 2.73. The summed E-state index contributed by atoms with van der Waals surface area (Å²) in [5, 5.41) is 7.29. The van der Waals surface area contributed by atoms with Crippen molar-refractivity contribution in [3.63, 3.8) is 0 Å². The Kier molecular flexibility index (Phi) is 7.08. The number of thiophene rings is 1. The van der Waals surface area contributed by atoms with Crippen molar-refractivity contribution >= 4 is 52.5 Å². The molecule has 25 heavy (non-hydrogen) atoms. The quantitative estimate of drug-likeness (QED) is 0.448. The van der Waals surface area contributed by atoms with E-state index in [1.165, 1.54) is 17.4 Å². The Hall–Kier alpha value is -2.26. The lowest BCUT2D eigenvalue weighted by atomic mass is 10.1. The zero-order chi connectivity index (χ0) is 18.2. The van der Waals surface area contributed by atoms with Crippen LogP contribution in [0.1, 0.15) is 18.2 Å². The maximum atomic E-state index is 12.1. The average molecular weight is 381 g/mol. The fourth-order valence-corrected chi connectivity index (χ4v) is 3.24. The van der Waals surface area contributed by atoms with Crippen LogP contribution in [-0.2, 0) is 19.1 Å². The summed E-state index contributed by atoms with van der Waals surface area (Å²) in [7, 11) is 0. The molecule has 7 nitrogen and oxygen atoms in total. The largest absolute Gasteiger partial charge is 0.466 e. The number of carbonyl (C=O) groups excluding carboxylic acids is 3. The Morgan fingerprint density at radius 3 is 3.04 bits per heavy atom. The van der Waals surface area contributed by atoms with Gasteiger partial charge in [-0.05, 0) is 36.7 Å². The molecule has 0 spiro atoms. The first kappa shape index (κ1) is 19.1. The van der Waals surface area contributed by atoms with Gasteiger partial charge in [0, 0.05) is 24.0 Å². The Morgan fingerprint density at radius 2 is 2.36 bits per heavy atom. The highest BCUT2D eigenvalue weighted by molar-refractivity contribution is 7.80. The van der Waals surface area contributed by atoms with Gasteiger partial charge in [0.05, 0.1) is 13.0 Å². The number of amides is 2. The first-order valence-electron chi connectivity index (χ1n) is 7.77. The number of rotatable bonds is 5. The second-order valence-electron chi connectivity index (χ2n) is 5.15. The third-order valence-corrected chi connectivity index (χ3v) is 4.60. The molecule has 1 fully saturated rings. The van der Waals surface area contributed by atoms with E-state index in [0.717, 1.165) is 4.88 Å². The first-order valence-corrected chi connectivity index (χ1v) is 9.06. The minimum atomic E-state index is -0.790. The fourth-order valence-electron chi connectivity index (χ4n) is 2.30. The van der Waals surface area contributed by atoms with E-state index in [1.54, 1.807) is 17.9 Å². The molecular formula is C16H19N3O4S2. The minimum absolute atomic E-state index is 0.116. The average Bonchev–Trinajstić information content (AvgIpc) is 3.08. The van der Waals surface area contributed by atoms with Crippen LogP contribution in [0, 0.1) is 0 Å². The first-order chi connectivity index (χ1) is 12.0. The number of nitrogens with zero attached hydrogens (tertiary/aromatic N) is 1. The molecule has 1 aromatic heterocycles. The van der Waals surface area contributed by atoms with Crippen molar-refractivity contribution in [3.05, 3.63) is 28.5 Å². The van der Waals surface area contributed by atoms with Crippen LogP contribution in [0.2, 0.25) is 0 Å². The maximum absolute atomic E-state index is 12.1. The molecule has 0 aliphatic carbocycles. The molecule has 1 aliphatic heterocycles. The van der Waals surface area contributed by atoms with Gasteiger partial charge < -0.3 is 15.0 Å². The Balaban J connectivity index is 1.98. The third-order valence-electron chi connectivity index (χ3n) is 3.43. The Bertz CT molecular complexity index is 673. The monoisotopic (exact) mass is 381 g/mol. The maximum Gasteiger partial charge on any atom is 0.308 e. The van der Waals surface area contributed by atoms with Crippen molar-refractivity contribution in [2.75, 3.05) is 19.7 Å². The summed E-state index contributed by atoms with van der Waals surface area (Å²) in [6.07, 6.45) is 2.94. The van der Waals surface area contributed by atoms with Crippen LogP contribution in [0.25, 0.3) is 6.08 Å². The number of piperazine rings is 1. The van der Waals surface area contributed by atoms with E-state index in [9.17, 15) is 14.4 Å². The van der Waals surface area contributed by atoms with Gasteiger partial charge in [-0.25, -0.2) is 0 Å². The summed E-state index contributed by atoms with van der Waals surface area (Å²) in [4.78, 5) is 38.3. The van der Waals surface area contributed by atoms with E-state index in [4.69, 9.17) is 17.0 Å². The van der Waals surface area contributed by atoms with Crippen LogP contribution in [0.15, 0.2) is 23.6 Å². The molecule has 9 heteroatoms. The molecule has 1 aliphatic rings. The molecular weight excluding hydrogens is 362 g/mol. The molecule has 0 bridgehead atoms. The lowest BCUT2D eigenvalue weighted by molar-refractivity contribution is -0.147. The molecule has 1 atom stereocenters. The highest BCUT2D eigenvalue weighted by Crippen LogP contribution is 2.12. The summed E-state index contributed by atoms with van der Waals surface area (Å²) >= 11 is 6.75. The molecule has 0 saturated carbocycles. The van der Waals surface area contributed by atoms with Gasteiger partial charge in [-0.2, -0.15) is 0 Å². The van der Waals surface area contributed by atoms with Crippen molar-refractivity contribution in [3.8, 4) is 0 Å². The van der Waals surface area contributed by atoms with Gasteiger partial charge in [-0.3, -0.25) is 19.7 Å². The van der Waals surface area contributed by atoms with Gasteiger partial charge >= 0.3 is 5.97 Å². The zero-order valence-corrected chi connectivity index (χ0v) is 15.3. The number of esters is 1. The topological polar surface area (TPSA) is 87.7 Å². The summed E-state index contributed by atoms with van der Waals surface area (Å²) in [6, 6.07) is 2.98. The van der Waals surface area contributed by atoms with Crippen LogP contribution >= 0.6 is 23.6 Å². The lowest BCUT2D eigenvalue weighted by Gasteiger charge is -2.36. The molecule has 2 rings (SSSR count). The number of ether oxygens (including phenoxy) is 1. The summed E-state index contributed by atoms with van der Waals surface area (Å²) in [5.41, 5.74) is 0. The normalized spacial score (nSPS) is 17.2. The van der Waals surface area contributed by atoms with Gasteiger partial charge in [0.15, 0.2) is 5.11 Å². The van der Waals surface area contributed by atoms with Gasteiger partial charge in [0.2, 0.25) is 11.8 Å². The van der Waals surface area contributed by atoms with Gasteiger partial charge in [-0.15, -0.1) is 11.3 Å². The molecule has 2 heterocycles. The fraction of sp³-hybridized carbons (Fsp3) is 0.375. The van der Waals surface area contributed by atoms with Gasteiger partial charge in [0.1, 0.15) is 6.04 Å². The summed E-state index contributed by atoms with van der Waals surface area (Å²) in [5.74, 6) is -1.19.